The predicted molar refractivity (Wildman–Crippen MR) is 81.5 cm³/mol. The van der Waals surface area contributed by atoms with Crippen LogP contribution in [0.3, 0.4) is 0 Å². The lowest BCUT2D eigenvalue weighted by atomic mass is 10.1. The van der Waals surface area contributed by atoms with Gasteiger partial charge in [0.05, 0.1) is 0 Å². The van der Waals surface area contributed by atoms with Crippen molar-refractivity contribution in [3.8, 4) is 11.6 Å². The number of carbonyl (C=O) groups excluding carboxylic acids is 1. The molecule has 0 aromatic carbocycles. The Morgan fingerprint density at radius 3 is 2.41 bits per heavy atom. The number of aromatic nitrogens is 2. The van der Waals surface area contributed by atoms with Crippen molar-refractivity contribution in [2.45, 2.75) is 17.7 Å². The van der Waals surface area contributed by atoms with E-state index in [2.05, 4.69) is 18.6 Å². The lowest BCUT2D eigenvalue weighted by Crippen LogP contribution is -2.73. The largest absolute Gasteiger partial charge is 0.613 e. The SMILES string of the molecule is O=C1COP2(=O)OC(O)(O2)C2(O)OP3(=O)ON4OP5(=O)Oc6nc(=O)n(c4c6O5)C2(O1)O3. The Balaban J connectivity index is 1.59. The maximum Gasteiger partial charge on any atom is 0.613 e. The third kappa shape index (κ3) is 2.02. The molecule has 4 fully saturated rings. The summed E-state index contributed by atoms with van der Waals surface area (Å²) in [6.07, 6.45) is 0. The highest BCUT2D eigenvalue weighted by atomic mass is 31.2. The van der Waals surface area contributed by atoms with Crippen LogP contribution >= 0.6 is 23.5 Å². The van der Waals surface area contributed by atoms with Gasteiger partial charge in [-0.1, -0.05) is 5.23 Å². The standard InChI is InChI=1S/C9H4N3O17P3/c13-2-1-20-30(17)26-9(16,27-30)7(15)8(21-2)11-5-3-4(10-6(11)14)23-31(18,22-3)28-12(5)29-32(19,24-7)25-8/h15-16H,1H2. The molecule has 32 heavy (non-hydrogen) atoms. The van der Waals surface area contributed by atoms with Crippen molar-refractivity contribution in [1.82, 2.24) is 9.55 Å². The molecule has 23 heteroatoms. The number of ether oxygens (including phenoxy) is 1. The average molecular weight is 519 g/mol. The molecule has 2 N–H and O–H groups in total. The molecule has 0 radical (unpaired) electrons. The first-order valence-corrected chi connectivity index (χ1v) is 12.4. The van der Waals surface area contributed by atoms with Crippen LogP contribution in [-0.4, -0.2) is 44.1 Å². The number of aliphatic hydroxyl groups is 2. The van der Waals surface area contributed by atoms with E-state index in [0.29, 0.717) is 0 Å². The van der Waals surface area contributed by atoms with Gasteiger partial charge in [0.2, 0.25) is 11.6 Å². The molecule has 4 saturated heterocycles. The van der Waals surface area contributed by atoms with Gasteiger partial charge in [-0.25, -0.2) is 45.9 Å². The molecule has 1 aromatic rings. The summed E-state index contributed by atoms with van der Waals surface area (Å²) < 4.78 is 86.0. The van der Waals surface area contributed by atoms with Crippen LogP contribution in [0.2, 0.25) is 0 Å². The summed E-state index contributed by atoms with van der Waals surface area (Å²) in [5.41, 5.74) is -1.52. The van der Waals surface area contributed by atoms with Crippen LogP contribution in [0.1, 0.15) is 0 Å². The molecule has 8 rings (SSSR count). The first-order chi connectivity index (χ1) is 14.8. The van der Waals surface area contributed by atoms with Crippen LogP contribution in [0.15, 0.2) is 4.79 Å². The summed E-state index contributed by atoms with van der Waals surface area (Å²) in [7, 11) is -14.4. The van der Waals surface area contributed by atoms with Gasteiger partial charge >= 0.3 is 52.8 Å². The van der Waals surface area contributed by atoms with E-state index in [9.17, 15) is 33.5 Å². The average Bonchev–Trinajstić information content (AvgIpc) is 3.02. The fourth-order valence-electron chi connectivity index (χ4n) is 3.46. The quantitative estimate of drug-likeness (QED) is 0.297. The monoisotopic (exact) mass is 519 g/mol. The van der Waals surface area contributed by atoms with Gasteiger partial charge in [-0.15, -0.1) is 9.25 Å². The molecule has 4 unspecified atom stereocenters. The first kappa shape index (κ1) is 19.5. The molecule has 20 nitrogen and oxygen atoms in total. The van der Waals surface area contributed by atoms with Gasteiger partial charge in [0.15, 0.2) is 6.61 Å². The number of esters is 1. The molecule has 0 amide bonds. The van der Waals surface area contributed by atoms with E-state index in [1.54, 1.807) is 0 Å². The number of anilines is 1. The summed E-state index contributed by atoms with van der Waals surface area (Å²) in [5, 5.41) is 21.9. The van der Waals surface area contributed by atoms with Crippen molar-refractivity contribution < 1.29 is 74.4 Å². The van der Waals surface area contributed by atoms with Crippen molar-refractivity contribution in [3.05, 3.63) is 10.5 Å². The minimum absolute atomic E-state index is 0.0721. The molecule has 7 aliphatic heterocycles. The van der Waals surface area contributed by atoms with E-state index in [4.69, 9.17) is 32.1 Å². The third-order valence-electron chi connectivity index (χ3n) is 4.61. The number of phosphoric ester groups is 3. The van der Waals surface area contributed by atoms with Crippen LogP contribution < -0.4 is 20.0 Å². The Labute approximate surface area is 171 Å². The molecule has 7 aliphatic rings. The van der Waals surface area contributed by atoms with Gasteiger partial charge in [0.25, 0.3) is 5.88 Å². The summed E-state index contributed by atoms with van der Waals surface area (Å²) in [5.74, 6) is -14.5. The van der Waals surface area contributed by atoms with E-state index in [0.717, 1.165) is 0 Å². The van der Waals surface area contributed by atoms with Crippen LogP contribution in [0, 0.1) is 0 Å². The van der Waals surface area contributed by atoms with Crippen LogP contribution in [0.25, 0.3) is 0 Å². The third-order valence-corrected chi connectivity index (χ3v) is 8.46. The molecule has 0 saturated carbocycles. The number of hydrogen-bond acceptors (Lipinski definition) is 19. The Morgan fingerprint density at radius 2 is 1.66 bits per heavy atom. The maximum atomic E-state index is 13.2. The summed E-state index contributed by atoms with van der Waals surface area (Å²) in [6, 6.07) is 0. The minimum Gasteiger partial charge on any atom is -0.406 e. The van der Waals surface area contributed by atoms with E-state index in [-0.39, 0.29) is 9.79 Å². The van der Waals surface area contributed by atoms with Crippen LogP contribution in [0.5, 0.6) is 11.6 Å². The minimum atomic E-state index is -5.29. The smallest absolute Gasteiger partial charge is 0.406 e. The van der Waals surface area contributed by atoms with E-state index >= 15 is 0 Å². The fraction of sp³-hybridized carbons (Fsp3) is 0.444. The second-order valence-corrected chi connectivity index (χ2v) is 10.9. The van der Waals surface area contributed by atoms with Gasteiger partial charge < -0.3 is 24.0 Å². The number of hydrogen-bond donors (Lipinski definition) is 2. The number of nitrogens with zero attached hydrogens (tertiary/aromatic N) is 3. The highest BCUT2D eigenvalue weighted by Crippen LogP contribution is 2.79. The van der Waals surface area contributed by atoms with Gasteiger partial charge in [-0.3, -0.25) is 4.52 Å². The van der Waals surface area contributed by atoms with Crippen molar-refractivity contribution >= 4 is 35.3 Å². The van der Waals surface area contributed by atoms with E-state index in [1.165, 1.54) is 0 Å². The lowest BCUT2D eigenvalue weighted by molar-refractivity contribution is -0.506. The normalized spacial score (nSPS) is 49.3. The summed E-state index contributed by atoms with van der Waals surface area (Å²) in [6.45, 7) is -1.20. The van der Waals surface area contributed by atoms with Gasteiger partial charge in [0, 0.05) is 0 Å². The molecule has 172 valence electrons. The Bertz CT molecular complexity index is 1360. The molecule has 0 aliphatic carbocycles. The van der Waals surface area contributed by atoms with Crippen molar-refractivity contribution in [3.63, 3.8) is 0 Å². The number of fused-ring (bicyclic) bond motifs is 5. The highest BCUT2D eigenvalue weighted by molar-refractivity contribution is 7.50. The number of phosphoric acid groups is 3. The second kappa shape index (κ2) is 5.10. The van der Waals surface area contributed by atoms with Crippen molar-refractivity contribution in [2.75, 3.05) is 11.8 Å². The van der Waals surface area contributed by atoms with E-state index < -0.39 is 76.9 Å². The lowest BCUT2D eigenvalue weighted by Gasteiger charge is -2.48. The number of carbonyl (C=O) groups is 1. The van der Waals surface area contributed by atoms with Crippen LogP contribution in [0.4, 0.5) is 5.82 Å². The second-order valence-electron chi connectivity index (χ2n) is 6.55. The molecular formula is C9H4N3O17P3. The van der Waals surface area contributed by atoms with Gasteiger partial charge in [0.1, 0.15) is 0 Å². The van der Waals surface area contributed by atoms with Gasteiger partial charge in [-0.2, -0.15) is 4.98 Å². The van der Waals surface area contributed by atoms with Crippen molar-refractivity contribution in [1.29, 1.82) is 0 Å². The highest BCUT2D eigenvalue weighted by Gasteiger charge is 2.89. The van der Waals surface area contributed by atoms with Crippen LogP contribution in [-0.2, 0) is 61.0 Å². The fourth-order valence-corrected chi connectivity index (χ4v) is 7.36. The van der Waals surface area contributed by atoms with E-state index in [1.807, 2.05) is 0 Å². The molecule has 1 aromatic heterocycles. The number of rotatable bonds is 0. The summed E-state index contributed by atoms with van der Waals surface area (Å²) in [4.78, 5) is 28.7. The Hall–Kier alpha value is -1.92. The zero-order valence-electron chi connectivity index (χ0n) is 14.4. The van der Waals surface area contributed by atoms with Crippen molar-refractivity contribution in [2.24, 2.45) is 0 Å². The predicted octanol–water partition coefficient (Wildman–Crippen LogP) is -1.35. The zero-order chi connectivity index (χ0) is 22.5. The topological polar surface area (TPSA) is 239 Å². The molecule has 8 heterocycles. The Kier molecular flexibility index (Phi) is 3.11. The first-order valence-electron chi connectivity index (χ1n) is 8.03. The molecule has 4 atom stereocenters. The molecule has 1 spiro atoms. The Morgan fingerprint density at radius 1 is 0.938 bits per heavy atom. The van der Waals surface area contributed by atoms with Gasteiger partial charge in [-0.05, 0) is 0 Å². The summed E-state index contributed by atoms with van der Waals surface area (Å²) >= 11 is 0. The molecular weight excluding hydrogens is 515 g/mol. The maximum absolute atomic E-state index is 13.2. The zero-order valence-corrected chi connectivity index (χ0v) is 17.1. The molecule has 6 bridgehead atoms.